The molecule has 1 unspecified atom stereocenters. The quantitative estimate of drug-likeness (QED) is 0.230. The SMILES string of the molecule is CNC1=CCC(NC)(C(=O)NCCCCCCC(=O)NO)C=C1. The first-order valence-corrected chi connectivity index (χ1v) is 8.05. The number of rotatable bonds is 10. The maximum atomic E-state index is 12.4. The molecule has 0 aromatic carbocycles. The first-order valence-electron chi connectivity index (χ1n) is 8.05. The maximum Gasteiger partial charge on any atom is 0.244 e. The highest BCUT2D eigenvalue weighted by Crippen LogP contribution is 2.20. The van der Waals surface area contributed by atoms with Gasteiger partial charge in [-0.05, 0) is 32.4 Å². The summed E-state index contributed by atoms with van der Waals surface area (Å²) in [6, 6.07) is 0. The van der Waals surface area contributed by atoms with E-state index in [4.69, 9.17) is 5.21 Å². The molecule has 5 N–H and O–H groups in total. The molecule has 130 valence electrons. The van der Waals surface area contributed by atoms with Crippen LogP contribution in [0.3, 0.4) is 0 Å². The van der Waals surface area contributed by atoms with Gasteiger partial charge in [0.15, 0.2) is 0 Å². The first kappa shape index (κ1) is 19.2. The van der Waals surface area contributed by atoms with Gasteiger partial charge in [-0.1, -0.05) is 25.0 Å². The Bertz CT molecular complexity index is 462. The molecule has 0 aliphatic heterocycles. The number of hydroxylamine groups is 1. The van der Waals surface area contributed by atoms with Gasteiger partial charge < -0.3 is 16.0 Å². The van der Waals surface area contributed by atoms with Crippen molar-refractivity contribution in [3.63, 3.8) is 0 Å². The van der Waals surface area contributed by atoms with Gasteiger partial charge in [-0.15, -0.1) is 0 Å². The van der Waals surface area contributed by atoms with Crippen LogP contribution in [0.1, 0.15) is 38.5 Å². The zero-order valence-corrected chi connectivity index (χ0v) is 13.9. The molecule has 1 aliphatic rings. The Kier molecular flexibility index (Phi) is 8.36. The first-order chi connectivity index (χ1) is 11.1. The van der Waals surface area contributed by atoms with Gasteiger partial charge in [-0.2, -0.15) is 0 Å². The summed E-state index contributed by atoms with van der Waals surface area (Å²) in [6.45, 7) is 0.616. The number of carbonyl (C=O) groups is 2. The van der Waals surface area contributed by atoms with Gasteiger partial charge >= 0.3 is 0 Å². The van der Waals surface area contributed by atoms with E-state index in [9.17, 15) is 9.59 Å². The molecule has 0 radical (unpaired) electrons. The Morgan fingerprint density at radius 1 is 1.22 bits per heavy atom. The van der Waals surface area contributed by atoms with Crippen molar-refractivity contribution in [1.82, 2.24) is 21.4 Å². The number of allylic oxidation sites excluding steroid dienone is 1. The molecule has 0 fully saturated rings. The minimum atomic E-state index is -0.681. The molecular formula is C16H28N4O3. The van der Waals surface area contributed by atoms with Crippen molar-refractivity contribution in [2.75, 3.05) is 20.6 Å². The molecule has 0 spiro atoms. The van der Waals surface area contributed by atoms with Gasteiger partial charge in [0.1, 0.15) is 5.54 Å². The molecule has 0 aromatic rings. The average molecular weight is 324 g/mol. The number of carbonyl (C=O) groups excluding carboxylic acids is 2. The van der Waals surface area contributed by atoms with E-state index in [1.54, 1.807) is 12.5 Å². The predicted molar refractivity (Wildman–Crippen MR) is 88.7 cm³/mol. The lowest BCUT2D eigenvalue weighted by atomic mass is 9.89. The van der Waals surface area contributed by atoms with Crippen molar-refractivity contribution in [2.45, 2.75) is 44.1 Å². The lowest BCUT2D eigenvalue weighted by molar-refractivity contribution is -0.129. The zero-order chi connectivity index (χ0) is 17.1. The third kappa shape index (κ3) is 6.03. The van der Waals surface area contributed by atoms with Crippen molar-refractivity contribution in [3.8, 4) is 0 Å². The van der Waals surface area contributed by atoms with Crippen LogP contribution in [0.25, 0.3) is 0 Å². The molecule has 7 nitrogen and oxygen atoms in total. The van der Waals surface area contributed by atoms with Crippen LogP contribution >= 0.6 is 0 Å². The number of nitrogens with one attached hydrogen (secondary N) is 4. The van der Waals surface area contributed by atoms with Gasteiger partial charge in [0.25, 0.3) is 0 Å². The average Bonchev–Trinajstić information content (AvgIpc) is 2.60. The minimum absolute atomic E-state index is 0.0256. The van der Waals surface area contributed by atoms with Gasteiger partial charge in [-0.3, -0.25) is 14.8 Å². The summed E-state index contributed by atoms with van der Waals surface area (Å²) in [5.74, 6) is -0.380. The zero-order valence-electron chi connectivity index (χ0n) is 13.9. The summed E-state index contributed by atoms with van der Waals surface area (Å²) in [5.41, 5.74) is 1.95. The summed E-state index contributed by atoms with van der Waals surface area (Å²) in [4.78, 5) is 23.2. The number of likely N-dealkylation sites (N-methyl/N-ethyl adjacent to an activating group) is 2. The van der Waals surface area contributed by atoms with Gasteiger partial charge in [0.2, 0.25) is 11.8 Å². The Morgan fingerprint density at radius 2 is 1.96 bits per heavy atom. The molecule has 0 bridgehead atoms. The molecule has 0 saturated carbocycles. The van der Waals surface area contributed by atoms with Crippen LogP contribution in [0, 0.1) is 0 Å². The highest BCUT2D eigenvalue weighted by atomic mass is 16.5. The maximum absolute atomic E-state index is 12.4. The summed E-state index contributed by atoms with van der Waals surface area (Å²) >= 11 is 0. The molecule has 1 atom stereocenters. The van der Waals surface area contributed by atoms with E-state index in [1.165, 1.54) is 0 Å². The Labute approximate surface area is 137 Å². The van der Waals surface area contributed by atoms with Crippen molar-refractivity contribution in [2.24, 2.45) is 0 Å². The molecular weight excluding hydrogens is 296 g/mol. The third-order valence-electron chi connectivity index (χ3n) is 4.07. The monoisotopic (exact) mass is 324 g/mol. The minimum Gasteiger partial charge on any atom is -0.388 e. The molecule has 2 amide bonds. The number of hydrogen-bond acceptors (Lipinski definition) is 5. The molecule has 0 aromatic heterocycles. The molecule has 0 saturated heterocycles. The molecule has 0 heterocycles. The summed E-state index contributed by atoms with van der Waals surface area (Å²) in [6.07, 6.45) is 10.2. The van der Waals surface area contributed by atoms with Crippen LogP contribution in [0.15, 0.2) is 23.9 Å². The van der Waals surface area contributed by atoms with Crippen LogP contribution in [0.5, 0.6) is 0 Å². The van der Waals surface area contributed by atoms with Crippen molar-refractivity contribution >= 4 is 11.8 Å². The van der Waals surface area contributed by atoms with Gasteiger partial charge in [0.05, 0.1) is 0 Å². The van der Waals surface area contributed by atoms with Crippen LogP contribution in [-0.2, 0) is 9.59 Å². The largest absolute Gasteiger partial charge is 0.388 e. The fourth-order valence-corrected chi connectivity index (χ4v) is 2.47. The van der Waals surface area contributed by atoms with Crippen molar-refractivity contribution < 1.29 is 14.8 Å². The lowest BCUT2D eigenvalue weighted by Crippen LogP contribution is -2.55. The number of hydrogen-bond donors (Lipinski definition) is 5. The lowest BCUT2D eigenvalue weighted by Gasteiger charge is -2.30. The number of unbranched alkanes of at least 4 members (excludes halogenated alkanes) is 3. The van der Waals surface area contributed by atoms with E-state index in [-0.39, 0.29) is 11.8 Å². The van der Waals surface area contributed by atoms with Gasteiger partial charge in [0, 0.05) is 25.7 Å². The second-order valence-corrected chi connectivity index (χ2v) is 5.62. The highest BCUT2D eigenvalue weighted by molar-refractivity contribution is 5.89. The Balaban J connectivity index is 2.24. The van der Waals surface area contributed by atoms with E-state index in [1.807, 2.05) is 25.3 Å². The van der Waals surface area contributed by atoms with E-state index >= 15 is 0 Å². The van der Waals surface area contributed by atoms with E-state index in [0.717, 1.165) is 31.4 Å². The molecule has 23 heavy (non-hydrogen) atoms. The second kappa shape index (κ2) is 10.0. The Hall–Kier alpha value is -1.86. The van der Waals surface area contributed by atoms with E-state index in [2.05, 4.69) is 16.0 Å². The van der Waals surface area contributed by atoms with Crippen LogP contribution in [0.2, 0.25) is 0 Å². The summed E-state index contributed by atoms with van der Waals surface area (Å²) in [5, 5.41) is 17.5. The smallest absolute Gasteiger partial charge is 0.244 e. The van der Waals surface area contributed by atoms with Crippen molar-refractivity contribution in [3.05, 3.63) is 23.9 Å². The third-order valence-corrected chi connectivity index (χ3v) is 4.07. The molecule has 1 aliphatic carbocycles. The summed E-state index contributed by atoms with van der Waals surface area (Å²) < 4.78 is 0. The topological polar surface area (TPSA) is 102 Å². The predicted octanol–water partition coefficient (Wildman–Crippen LogP) is 0.580. The fraction of sp³-hybridized carbons (Fsp3) is 0.625. The van der Waals surface area contributed by atoms with Gasteiger partial charge in [-0.25, -0.2) is 5.48 Å². The fourth-order valence-electron chi connectivity index (χ4n) is 2.47. The second-order valence-electron chi connectivity index (χ2n) is 5.62. The summed E-state index contributed by atoms with van der Waals surface area (Å²) in [7, 11) is 3.64. The van der Waals surface area contributed by atoms with E-state index in [0.29, 0.717) is 19.4 Å². The molecule has 7 heteroatoms. The van der Waals surface area contributed by atoms with Crippen LogP contribution < -0.4 is 21.4 Å². The normalized spacial score (nSPS) is 19.9. The van der Waals surface area contributed by atoms with E-state index < -0.39 is 5.54 Å². The van der Waals surface area contributed by atoms with Crippen LogP contribution in [0.4, 0.5) is 0 Å². The molecule has 1 rings (SSSR count). The standard InChI is InChI=1S/C16H28N4O3/c1-17-13-8-10-16(18-2,11-9-13)15(22)19-12-6-4-3-5-7-14(21)20-23/h8-10,17-18,23H,3-7,11-12H2,1-2H3,(H,19,22)(H,20,21). The highest BCUT2D eigenvalue weighted by Gasteiger charge is 2.34. The number of amides is 2. The Morgan fingerprint density at radius 3 is 2.52 bits per heavy atom. The van der Waals surface area contributed by atoms with Crippen molar-refractivity contribution in [1.29, 1.82) is 0 Å². The van der Waals surface area contributed by atoms with Crippen LogP contribution in [-0.4, -0.2) is 43.2 Å².